The summed E-state index contributed by atoms with van der Waals surface area (Å²) in [5.74, 6) is 0. The summed E-state index contributed by atoms with van der Waals surface area (Å²) in [6, 6.07) is 10.9. The van der Waals surface area contributed by atoms with Crippen molar-refractivity contribution in [2.75, 3.05) is 13.1 Å². The first-order valence-corrected chi connectivity index (χ1v) is 8.18. The maximum Gasteiger partial charge on any atom is 0.0168 e. The molecular weight excluding hydrogens is 244 g/mol. The third-order valence-corrected chi connectivity index (χ3v) is 4.67. The molecule has 0 bridgehead atoms. The summed E-state index contributed by atoms with van der Waals surface area (Å²) in [5.41, 5.74) is 8.12. The minimum absolute atomic E-state index is 0.266. The summed E-state index contributed by atoms with van der Waals surface area (Å²) in [7, 11) is 0. The van der Waals surface area contributed by atoms with Gasteiger partial charge < -0.3 is 11.1 Å². The van der Waals surface area contributed by atoms with Crippen molar-refractivity contribution in [3.63, 3.8) is 0 Å². The number of nitrogens with two attached hydrogens (primary N) is 1. The van der Waals surface area contributed by atoms with Crippen LogP contribution in [0.2, 0.25) is 0 Å². The van der Waals surface area contributed by atoms with Crippen LogP contribution in [0.25, 0.3) is 0 Å². The standard InChI is InChI=1S/C18H30N2/c1-18(12-6-3-7-13-18)15-20-14-17(19)11-10-16-8-4-2-5-9-16/h2,4-5,8-9,17,20H,3,6-7,10-15,19H2,1H3. The van der Waals surface area contributed by atoms with E-state index in [0.717, 1.165) is 25.9 Å². The van der Waals surface area contributed by atoms with Crippen LogP contribution in [0, 0.1) is 5.41 Å². The minimum atomic E-state index is 0.266. The van der Waals surface area contributed by atoms with E-state index in [1.807, 2.05) is 0 Å². The minimum Gasteiger partial charge on any atom is -0.327 e. The van der Waals surface area contributed by atoms with Crippen LogP contribution in [-0.4, -0.2) is 19.1 Å². The lowest BCUT2D eigenvalue weighted by molar-refractivity contribution is 0.207. The topological polar surface area (TPSA) is 38.0 Å². The quantitative estimate of drug-likeness (QED) is 0.798. The molecule has 1 aliphatic carbocycles. The molecule has 1 fully saturated rings. The average Bonchev–Trinajstić information content (AvgIpc) is 2.47. The summed E-state index contributed by atoms with van der Waals surface area (Å²) in [4.78, 5) is 0. The molecule has 0 radical (unpaired) electrons. The van der Waals surface area contributed by atoms with E-state index >= 15 is 0 Å². The lowest BCUT2D eigenvalue weighted by Crippen LogP contribution is -2.40. The molecule has 0 heterocycles. The van der Waals surface area contributed by atoms with Crippen LogP contribution in [0.3, 0.4) is 0 Å². The fourth-order valence-corrected chi connectivity index (χ4v) is 3.24. The molecule has 1 unspecified atom stereocenters. The average molecular weight is 274 g/mol. The highest BCUT2D eigenvalue weighted by Gasteiger charge is 2.26. The second-order valence-corrected chi connectivity index (χ2v) is 6.79. The van der Waals surface area contributed by atoms with E-state index in [1.54, 1.807) is 0 Å². The van der Waals surface area contributed by atoms with E-state index in [4.69, 9.17) is 5.73 Å². The molecule has 0 aliphatic heterocycles. The van der Waals surface area contributed by atoms with Crippen molar-refractivity contribution in [2.24, 2.45) is 11.1 Å². The third-order valence-electron chi connectivity index (χ3n) is 4.67. The van der Waals surface area contributed by atoms with Gasteiger partial charge in [-0.1, -0.05) is 56.5 Å². The van der Waals surface area contributed by atoms with Gasteiger partial charge in [-0.2, -0.15) is 0 Å². The zero-order chi connectivity index (χ0) is 14.3. The molecule has 1 aromatic rings. The molecular formula is C18H30N2. The molecule has 0 aromatic heterocycles. The van der Waals surface area contributed by atoms with Gasteiger partial charge in [-0.15, -0.1) is 0 Å². The molecule has 0 saturated heterocycles. The number of nitrogens with one attached hydrogen (secondary N) is 1. The monoisotopic (exact) mass is 274 g/mol. The maximum atomic E-state index is 6.22. The van der Waals surface area contributed by atoms with Crippen LogP contribution in [-0.2, 0) is 6.42 Å². The Morgan fingerprint density at radius 2 is 1.85 bits per heavy atom. The van der Waals surface area contributed by atoms with E-state index < -0.39 is 0 Å². The largest absolute Gasteiger partial charge is 0.327 e. The predicted octanol–water partition coefficient (Wildman–Crippen LogP) is 3.51. The van der Waals surface area contributed by atoms with Gasteiger partial charge >= 0.3 is 0 Å². The van der Waals surface area contributed by atoms with Crippen molar-refractivity contribution < 1.29 is 0 Å². The molecule has 1 aromatic carbocycles. The Kier molecular flexibility index (Phi) is 6.06. The first-order chi connectivity index (χ1) is 9.68. The van der Waals surface area contributed by atoms with Gasteiger partial charge in [0.15, 0.2) is 0 Å². The normalized spacial score (nSPS) is 19.7. The number of hydrogen-bond donors (Lipinski definition) is 2. The van der Waals surface area contributed by atoms with Crippen molar-refractivity contribution in [3.8, 4) is 0 Å². The van der Waals surface area contributed by atoms with Crippen LogP contribution in [0.15, 0.2) is 30.3 Å². The first kappa shape index (κ1) is 15.5. The van der Waals surface area contributed by atoms with Crippen LogP contribution in [0.1, 0.15) is 51.0 Å². The van der Waals surface area contributed by atoms with Gasteiger partial charge in [0.1, 0.15) is 0 Å². The molecule has 1 aliphatic rings. The summed E-state index contributed by atoms with van der Waals surface area (Å²) in [6.07, 6.45) is 9.12. The number of rotatable bonds is 7. The van der Waals surface area contributed by atoms with Crippen molar-refractivity contribution >= 4 is 0 Å². The van der Waals surface area contributed by atoms with E-state index in [1.165, 1.54) is 37.7 Å². The third kappa shape index (κ3) is 5.26. The lowest BCUT2D eigenvalue weighted by atomic mass is 9.76. The fraction of sp³-hybridized carbons (Fsp3) is 0.667. The van der Waals surface area contributed by atoms with Gasteiger partial charge in [0.05, 0.1) is 0 Å². The molecule has 3 N–H and O–H groups in total. The predicted molar refractivity (Wildman–Crippen MR) is 86.8 cm³/mol. The highest BCUT2D eigenvalue weighted by Crippen LogP contribution is 2.34. The first-order valence-electron chi connectivity index (χ1n) is 8.18. The van der Waals surface area contributed by atoms with Gasteiger partial charge in [-0.3, -0.25) is 0 Å². The molecule has 112 valence electrons. The van der Waals surface area contributed by atoms with Crippen molar-refractivity contribution in [3.05, 3.63) is 35.9 Å². The lowest BCUT2D eigenvalue weighted by Gasteiger charge is -2.34. The fourth-order valence-electron chi connectivity index (χ4n) is 3.24. The molecule has 1 saturated carbocycles. The van der Waals surface area contributed by atoms with Gasteiger partial charge in [0.2, 0.25) is 0 Å². The van der Waals surface area contributed by atoms with Crippen LogP contribution >= 0.6 is 0 Å². The Morgan fingerprint density at radius 1 is 1.15 bits per heavy atom. The molecule has 2 heteroatoms. The van der Waals surface area contributed by atoms with Crippen molar-refractivity contribution in [1.29, 1.82) is 0 Å². The molecule has 1 atom stereocenters. The van der Waals surface area contributed by atoms with Crippen molar-refractivity contribution in [1.82, 2.24) is 5.32 Å². The summed E-state index contributed by atoms with van der Waals surface area (Å²) >= 11 is 0. The highest BCUT2D eigenvalue weighted by atomic mass is 14.9. The van der Waals surface area contributed by atoms with Gasteiger partial charge in [-0.05, 0) is 36.7 Å². The maximum absolute atomic E-state index is 6.22. The molecule has 2 rings (SSSR count). The Hall–Kier alpha value is -0.860. The Balaban J connectivity index is 1.61. The van der Waals surface area contributed by atoms with Crippen LogP contribution < -0.4 is 11.1 Å². The van der Waals surface area contributed by atoms with Gasteiger partial charge in [-0.25, -0.2) is 0 Å². The number of aryl methyl sites for hydroxylation is 1. The highest BCUT2D eigenvalue weighted by molar-refractivity contribution is 5.14. The van der Waals surface area contributed by atoms with E-state index in [0.29, 0.717) is 5.41 Å². The molecule has 2 nitrogen and oxygen atoms in total. The van der Waals surface area contributed by atoms with Crippen molar-refractivity contribution in [2.45, 2.75) is 57.9 Å². The van der Waals surface area contributed by atoms with E-state index in [2.05, 4.69) is 42.6 Å². The van der Waals surface area contributed by atoms with Gasteiger partial charge in [0.25, 0.3) is 0 Å². The summed E-state index contributed by atoms with van der Waals surface area (Å²) in [6.45, 7) is 4.50. The Labute approximate surface area is 124 Å². The van der Waals surface area contributed by atoms with E-state index in [9.17, 15) is 0 Å². The smallest absolute Gasteiger partial charge is 0.0168 e. The zero-order valence-electron chi connectivity index (χ0n) is 12.9. The second-order valence-electron chi connectivity index (χ2n) is 6.79. The Morgan fingerprint density at radius 3 is 2.55 bits per heavy atom. The Bertz CT molecular complexity index is 368. The summed E-state index contributed by atoms with van der Waals surface area (Å²) < 4.78 is 0. The zero-order valence-corrected chi connectivity index (χ0v) is 12.9. The molecule has 0 spiro atoms. The molecule has 0 amide bonds. The second kappa shape index (κ2) is 7.80. The molecule has 20 heavy (non-hydrogen) atoms. The summed E-state index contributed by atoms with van der Waals surface area (Å²) in [5, 5.41) is 3.61. The van der Waals surface area contributed by atoms with Crippen LogP contribution in [0.4, 0.5) is 0 Å². The van der Waals surface area contributed by atoms with Gasteiger partial charge in [0, 0.05) is 19.1 Å². The number of hydrogen-bond acceptors (Lipinski definition) is 2. The van der Waals surface area contributed by atoms with Crippen LogP contribution in [0.5, 0.6) is 0 Å². The number of benzene rings is 1. The van der Waals surface area contributed by atoms with E-state index in [-0.39, 0.29) is 6.04 Å². The SMILES string of the molecule is CC1(CNCC(N)CCc2ccccc2)CCCCC1.